The lowest BCUT2D eigenvalue weighted by Crippen LogP contribution is -2.50. The zero-order chi connectivity index (χ0) is 20.1. The zero-order valence-electron chi connectivity index (χ0n) is 17.2. The number of rotatable bonds is 7. The van der Waals surface area contributed by atoms with Crippen molar-refractivity contribution in [1.29, 1.82) is 0 Å². The summed E-state index contributed by atoms with van der Waals surface area (Å²) < 4.78 is 16.8. The van der Waals surface area contributed by atoms with Gasteiger partial charge in [0.25, 0.3) is 5.91 Å². The number of hydrogen-bond acceptors (Lipinski definition) is 5. The topological polar surface area (TPSA) is 51.2 Å². The first-order valence-electron chi connectivity index (χ1n) is 10.1. The van der Waals surface area contributed by atoms with Crippen molar-refractivity contribution < 1.29 is 19.0 Å². The number of nitrogens with zero attached hydrogens (tertiary/aromatic N) is 2. The normalized spacial score (nSPS) is 25.5. The molecule has 28 heavy (non-hydrogen) atoms. The van der Waals surface area contributed by atoms with Crippen LogP contribution in [0.4, 0.5) is 0 Å². The molecule has 1 aromatic rings. The minimum absolute atomic E-state index is 0.0606. The van der Waals surface area contributed by atoms with Gasteiger partial charge in [-0.3, -0.25) is 9.69 Å². The molecule has 3 rings (SSSR count). The van der Waals surface area contributed by atoms with Crippen LogP contribution < -0.4 is 9.47 Å². The van der Waals surface area contributed by atoms with Gasteiger partial charge in [0.05, 0.1) is 19.3 Å². The lowest BCUT2D eigenvalue weighted by Gasteiger charge is -2.38. The molecule has 2 fully saturated rings. The summed E-state index contributed by atoms with van der Waals surface area (Å²) in [5.41, 5.74) is 0.637. The fourth-order valence-corrected chi connectivity index (χ4v) is 4.26. The van der Waals surface area contributed by atoms with Gasteiger partial charge in [0.15, 0.2) is 11.5 Å². The van der Waals surface area contributed by atoms with Crippen LogP contribution in [0.3, 0.4) is 0 Å². The molecule has 3 atom stereocenters. The van der Waals surface area contributed by atoms with Gasteiger partial charge in [-0.05, 0) is 44.9 Å². The van der Waals surface area contributed by atoms with Gasteiger partial charge >= 0.3 is 0 Å². The second-order valence-electron chi connectivity index (χ2n) is 7.74. The van der Waals surface area contributed by atoms with Crippen LogP contribution in [0.15, 0.2) is 30.9 Å². The highest BCUT2D eigenvalue weighted by atomic mass is 16.5. The van der Waals surface area contributed by atoms with Crippen molar-refractivity contribution in [2.45, 2.75) is 44.9 Å². The number of benzene rings is 1. The third kappa shape index (κ3) is 4.86. The van der Waals surface area contributed by atoms with E-state index in [4.69, 9.17) is 14.2 Å². The summed E-state index contributed by atoms with van der Waals surface area (Å²) in [5, 5.41) is 0. The van der Waals surface area contributed by atoms with Crippen molar-refractivity contribution in [3.63, 3.8) is 0 Å². The molecule has 0 spiro atoms. The molecule has 2 saturated heterocycles. The highest BCUT2D eigenvalue weighted by Crippen LogP contribution is 2.30. The third-order valence-corrected chi connectivity index (χ3v) is 5.37. The molecule has 0 aromatic heterocycles. The predicted molar refractivity (Wildman–Crippen MR) is 109 cm³/mol. The number of methoxy groups -OCH3 is 1. The minimum atomic E-state index is 0.0606. The zero-order valence-corrected chi connectivity index (χ0v) is 17.2. The fraction of sp³-hybridized carbons (Fsp3) is 0.591. The van der Waals surface area contributed by atoms with E-state index in [1.807, 2.05) is 11.0 Å². The molecule has 6 heteroatoms. The number of carbonyl (C=O) groups excluding carboxylic acids is 1. The van der Waals surface area contributed by atoms with Crippen molar-refractivity contribution in [2.75, 3.05) is 39.9 Å². The van der Waals surface area contributed by atoms with Crippen molar-refractivity contribution in [2.24, 2.45) is 0 Å². The number of amides is 1. The molecule has 1 aromatic carbocycles. The Labute approximate surface area is 168 Å². The van der Waals surface area contributed by atoms with Gasteiger partial charge in [-0.1, -0.05) is 12.7 Å². The Morgan fingerprint density at radius 3 is 2.71 bits per heavy atom. The molecule has 2 heterocycles. The maximum absolute atomic E-state index is 13.2. The lowest BCUT2D eigenvalue weighted by atomic mass is 10.1. The molecule has 0 aliphatic carbocycles. The van der Waals surface area contributed by atoms with Crippen LogP contribution in [0, 0.1) is 0 Å². The monoisotopic (exact) mass is 388 g/mol. The number of likely N-dealkylation sites (tertiary alicyclic amines) is 1. The van der Waals surface area contributed by atoms with E-state index in [9.17, 15) is 4.79 Å². The number of morpholine rings is 1. The molecule has 2 aliphatic rings. The second kappa shape index (κ2) is 9.43. The van der Waals surface area contributed by atoms with Gasteiger partial charge in [0.1, 0.15) is 6.61 Å². The summed E-state index contributed by atoms with van der Waals surface area (Å²) in [6.45, 7) is 11.8. The van der Waals surface area contributed by atoms with E-state index >= 15 is 0 Å². The summed E-state index contributed by atoms with van der Waals surface area (Å²) in [6, 6.07) is 5.63. The van der Waals surface area contributed by atoms with Crippen molar-refractivity contribution in [1.82, 2.24) is 9.80 Å². The van der Waals surface area contributed by atoms with Crippen LogP contribution in [0.1, 0.15) is 37.0 Å². The number of hydrogen-bond donors (Lipinski definition) is 0. The predicted octanol–water partition coefficient (Wildman–Crippen LogP) is 2.97. The fourth-order valence-electron chi connectivity index (χ4n) is 4.26. The van der Waals surface area contributed by atoms with E-state index in [0.717, 1.165) is 39.0 Å². The van der Waals surface area contributed by atoms with Crippen LogP contribution in [0.5, 0.6) is 11.5 Å². The Kier molecular flexibility index (Phi) is 6.97. The Morgan fingerprint density at radius 1 is 1.29 bits per heavy atom. The summed E-state index contributed by atoms with van der Waals surface area (Å²) in [4.78, 5) is 17.6. The first kappa shape index (κ1) is 20.7. The summed E-state index contributed by atoms with van der Waals surface area (Å²) >= 11 is 0. The number of ether oxygens (including phenoxy) is 3. The van der Waals surface area contributed by atoms with Gasteiger partial charge in [-0.15, -0.1) is 0 Å². The Balaban J connectivity index is 1.69. The van der Waals surface area contributed by atoms with E-state index in [1.54, 1.807) is 25.3 Å². The Morgan fingerprint density at radius 2 is 2.04 bits per heavy atom. The van der Waals surface area contributed by atoms with Gasteiger partial charge in [-0.25, -0.2) is 0 Å². The van der Waals surface area contributed by atoms with E-state index in [0.29, 0.717) is 23.7 Å². The van der Waals surface area contributed by atoms with Crippen LogP contribution in [0.25, 0.3) is 0 Å². The third-order valence-electron chi connectivity index (χ3n) is 5.37. The van der Waals surface area contributed by atoms with Gasteiger partial charge in [0.2, 0.25) is 0 Å². The van der Waals surface area contributed by atoms with Gasteiger partial charge in [0, 0.05) is 37.8 Å². The molecule has 3 unspecified atom stereocenters. The van der Waals surface area contributed by atoms with Gasteiger partial charge in [-0.2, -0.15) is 0 Å². The molecule has 0 radical (unpaired) electrons. The molecule has 2 aliphatic heterocycles. The number of carbonyl (C=O) groups is 1. The molecule has 0 saturated carbocycles. The van der Waals surface area contributed by atoms with Gasteiger partial charge < -0.3 is 19.1 Å². The SMILES string of the molecule is C=CCOc1ccc(C(=O)N2CCCC2CN2CC(C)OC(C)C2)cc1OC. The molecule has 0 bridgehead atoms. The van der Waals surface area contributed by atoms with Crippen molar-refractivity contribution >= 4 is 5.91 Å². The van der Waals surface area contributed by atoms with E-state index in [1.165, 1.54) is 0 Å². The van der Waals surface area contributed by atoms with Crippen LogP contribution in [0.2, 0.25) is 0 Å². The first-order chi connectivity index (χ1) is 13.5. The standard InChI is InChI=1S/C22H32N2O4/c1-5-11-27-20-9-8-18(12-21(20)26-4)22(25)24-10-6-7-19(24)15-23-13-16(2)28-17(3)14-23/h5,8-9,12,16-17,19H,1,6-7,10-11,13-15H2,2-4H3. The molecule has 0 N–H and O–H groups in total. The molecular weight excluding hydrogens is 356 g/mol. The minimum Gasteiger partial charge on any atom is -0.493 e. The summed E-state index contributed by atoms with van der Waals surface area (Å²) in [7, 11) is 1.59. The van der Waals surface area contributed by atoms with Crippen molar-refractivity contribution in [3.8, 4) is 11.5 Å². The van der Waals surface area contributed by atoms with E-state index in [-0.39, 0.29) is 24.2 Å². The average Bonchev–Trinajstić information content (AvgIpc) is 3.12. The molecular formula is C22H32N2O4. The summed E-state index contributed by atoms with van der Waals surface area (Å²) in [5.74, 6) is 1.25. The quantitative estimate of drug-likeness (QED) is 0.672. The average molecular weight is 389 g/mol. The van der Waals surface area contributed by atoms with Crippen LogP contribution >= 0.6 is 0 Å². The highest BCUT2D eigenvalue weighted by molar-refractivity contribution is 5.95. The summed E-state index contributed by atoms with van der Waals surface area (Å²) in [6.07, 6.45) is 4.25. The Bertz CT molecular complexity index is 683. The molecule has 154 valence electrons. The van der Waals surface area contributed by atoms with Crippen LogP contribution in [-0.4, -0.2) is 73.9 Å². The van der Waals surface area contributed by atoms with Crippen LogP contribution in [-0.2, 0) is 4.74 Å². The van der Waals surface area contributed by atoms with E-state index in [2.05, 4.69) is 25.3 Å². The maximum Gasteiger partial charge on any atom is 0.254 e. The van der Waals surface area contributed by atoms with Crippen molar-refractivity contribution in [3.05, 3.63) is 36.4 Å². The highest BCUT2D eigenvalue weighted by Gasteiger charge is 2.33. The lowest BCUT2D eigenvalue weighted by molar-refractivity contribution is -0.0715. The second-order valence-corrected chi connectivity index (χ2v) is 7.74. The maximum atomic E-state index is 13.2. The van der Waals surface area contributed by atoms with E-state index < -0.39 is 0 Å². The molecule has 6 nitrogen and oxygen atoms in total. The largest absolute Gasteiger partial charge is 0.493 e. The smallest absolute Gasteiger partial charge is 0.254 e. The molecule has 1 amide bonds. The first-order valence-corrected chi connectivity index (χ1v) is 10.1. The Hall–Kier alpha value is -2.05.